The van der Waals surface area contributed by atoms with Crippen molar-refractivity contribution in [3.63, 3.8) is 0 Å². The van der Waals surface area contributed by atoms with Gasteiger partial charge in [-0.2, -0.15) is 5.26 Å². The van der Waals surface area contributed by atoms with Crippen molar-refractivity contribution in [2.45, 2.75) is 18.9 Å². The Balaban J connectivity index is 1.17. The summed E-state index contributed by atoms with van der Waals surface area (Å²) >= 11 is 6.50. The molecule has 0 bridgehead atoms. The molecule has 3 N–H and O–H groups in total. The molecular formula is C31H30ClN7O4S. The number of carbonyl (C=O) groups is 2. The Bertz CT molecular complexity index is 1890. The maximum atomic E-state index is 13.0. The van der Waals surface area contributed by atoms with E-state index < -0.39 is 21.8 Å². The topological polar surface area (TPSA) is 149 Å². The maximum absolute atomic E-state index is 13.0. The van der Waals surface area contributed by atoms with E-state index in [1.165, 1.54) is 34.8 Å². The molecule has 1 aliphatic rings. The highest BCUT2D eigenvalue weighted by molar-refractivity contribution is 7.88. The third-order valence-corrected chi connectivity index (χ3v) is 8.89. The molecule has 0 atom stereocenters. The second-order valence-electron chi connectivity index (χ2n) is 10.4. The van der Waals surface area contributed by atoms with Crippen molar-refractivity contribution >= 4 is 50.5 Å². The standard InChI is InChI=1S/C31H30ClN7O4S/c1-44(42,43)39-13-9-24(10-14-39)34-11-3-6-30(40)37-28-8-7-22(16-23(28)19-33)31(41)36-25-5-2-4-21(17-25)26-18-29-35-12-15-38(29)20-27(26)32/h2-8,12,15-18,20,24,34H,9-11,13-14H2,1H3,(H,36,41)(H,37,40)/b6-3+. The number of fused-ring (bicyclic) bond motifs is 1. The first-order valence-corrected chi connectivity index (χ1v) is 16.1. The molecule has 13 heteroatoms. The lowest BCUT2D eigenvalue weighted by Gasteiger charge is -2.30. The fraction of sp³-hybridized carbons (Fsp3) is 0.226. The van der Waals surface area contributed by atoms with E-state index in [1.54, 1.807) is 42.9 Å². The number of amides is 2. The van der Waals surface area contributed by atoms with E-state index in [-0.39, 0.29) is 22.9 Å². The summed E-state index contributed by atoms with van der Waals surface area (Å²) < 4.78 is 26.6. The van der Waals surface area contributed by atoms with Gasteiger partial charge in [0.15, 0.2) is 0 Å². The number of rotatable bonds is 9. The summed E-state index contributed by atoms with van der Waals surface area (Å²) in [7, 11) is -3.17. The van der Waals surface area contributed by atoms with Crippen LogP contribution in [0.5, 0.6) is 0 Å². The minimum Gasteiger partial charge on any atom is -0.322 e. The summed E-state index contributed by atoms with van der Waals surface area (Å²) in [6.07, 6.45) is 10.9. The molecule has 1 saturated heterocycles. The number of imidazole rings is 1. The lowest BCUT2D eigenvalue weighted by atomic mass is 10.1. The fourth-order valence-electron chi connectivity index (χ4n) is 4.98. The molecule has 5 rings (SSSR count). The van der Waals surface area contributed by atoms with Crippen LogP contribution in [-0.4, -0.2) is 65.9 Å². The van der Waals surface area contributed by atoms with Crippen LogP contribution in [0.1, 0.15) is 28.8 Å². The summed E-state index contributed by atoms with van der Waals surface area (Å²) in [5, 5.41) is 19.0. The molecular weight excluding hydrogens is 602 g/mol. The lowest BCUT2D eigenvalue weighted by Crippen LogP contribution is -2.44. The first kappa shape index (κ1) is 30.9. The van der Waals surface area contributed by atoms with Crippen molar-refractivity contribution in [1.29, 1.82) is 5.26 Å². The molecule has 2 aromatic heterocycles. The number of sulfonamides is 1. The van der Waals surface area contributed by atoms with E-state index in [4.69, 9.17) is 11.6 Å². The molecule has 0 unspecified atom stereocenters. The Hall–Kier alpha value is -4.54. The zero-order valence-electron chi connectivity index (χ0n) is 23.8. The van der Waals surface area contributed by atoms with Crippen molar-refractivity contribution in [3.05, 3.63) is 95.4 Å². The van der Waals surface area contributed by atoms with Gasteiger partial charge in [0.2, 0.25) is 15.9 Å². The van der Waals surface area contributed by atoms with Crippen molar-refractivity contribution in [2.75, 3.05) is 36.5 Å². The predicted octanol–water partition coefficient (Wildman–Crippen LogP) is 4.29. The molecule has 0 saturated carbocycles. The van der Waals surface area contributed by atoms with Crippen molar-refractivity contribution in [2.24, 2.45) is 0 Å². The van der Waals surface area contributed by atoms with Gasteiger partial charge in [-0.05, 0) is 54.8 Å². The van der Waals surface area contributed by atoms with Crippen LogP contribution in [0.4, 0.5) is 11.4 Å². The van der Waals surface area contributed by atoms with Crippen LogP contribution < -0.4 is 16.0 Å². The van der Waals surface area contributed by atoms with Gasteiger partial charge in [-0.3, -0.25) is 9.59 Å². The highest BCUT2D eigenvalue weighted by Gasteiger charge is 2.24. The summed E-state index contributed by atoms with van der Waals surface area (Å²) in [4.78, 5) is 29.8. The van der Waals surface area contributed by atoms with Gasteiger partial charge in [-0.25, -0.2) is 17.7 Å². The molecule has 3 heterocycles. The summed E-state index contributed by atoms with van der Waals surface area (Å²) in [6, 6.07) is 15.8. The number of carbonyl (C=O) groups excluding carboxylic acids is 2. The van der Waals surface area contributed by atoms with E-state index in [0.717, 1.165) is 16.8 Å². The average Bonchev–Trinajstić information content (AvgIpc) is 3.46. The summed E-state index contributed by atoms with van der Waals surface area (Å²) in [6.45, 7) is 1.37. The Morgan fingerprint density at radius 3 is 2.68 bits per heavy atom. The number of hydrogen-bond acceptors (Lipinski definition) is 7. The van der Waals surface area contributed by atoms with E-state index in [9.17, 15) is 23.3 Å². The van der Waals surface area contributed by atoms with Gasteiger partial charge in [0.05, 0.1) is 22.5 Å². The number of pyridine rings is 1. The van der Waals surface area contributed by atoms with E-state index >= 15 is 0 Å². The van der Waals surface area contributed by atoms with Crippen LogP contribution >= 0.6 is 11.6 Å². The number of benzene rings is 2. The number of nitriles is 1. The Morgan fingerprint density at radius 2 is 1.93 bits per heavy atom. The van der Waals surface area contributed by atoms with Crippen molar-refractivity contribution in [3.8, 4) is 17.2 Å². The SMILES string of the molecule is CS(=O)(=O)N1CCC(NC/C=C/C(=O)Nc2ccc(C(=O)Nc3cccc(-c4cc5nccn5cc4Cl)c3)cc2C#N)CC1. The molecule has 0 aliphatic carbocycles. The Kier molecular flexibility index (Phi) is 9.41. The van der Waals surface area contributed by atoms with Crippen LogP contribution in [0.3, 0.4) is 0 Å². The molecule has 226 valence electrons. The normalized spacial score (nSPS) is 14.5. The van der Waals surface area contributed by atoms with Crippen LogP contribution in [0, 0.1) is 11.3 Å². The van der Waals surface area contributed by atoms with Gasteiger partial charge in [0.25, 0.3) is 5.91 Å². The number of hydrogen-bond donors (Lipinski definition) is 3. The number of aromatic nitrogens is 2. The molecule has 0 spiro atoms. The highest BCUT2D eigenvalue weighted by Crippen LogP contribution is 2.31. The van der Waals surface area contributed by atoms with Crippen LogP contribution in [0.15, 0.2) is 79.3 Å². The average molecular weight is 632 g/mol. The second kappa shape index (κ2) is 13.4. The van der Waals surface area contributed by atoms with Gasteiger partial charge >= 0.3 is 0 Å². The number of nitrogens with one attached hydrogen (secondary N) is 3. The van der Waals surface area contributed by atoms with Gasteiger partial charge in [0.1, 0.15) is 11.7 Å². The smallest absolute Gasteiger partial charge is 0.255 e. The van der Waals surface area contributed by atoms with Crippen molar-refractivity contribution < 1.29 is 18.0 Å². The number of nitrogens with zero attached hydrogens (tertiary/aromatic N) is 4. The van der Waals surface area contributed by atoms with Gasteiger partial charge in [-0.1, -0.05) is 29.8 Å². The minimum atomic E-state index is -3.17. The molecule has 0 radical (unpaired) electrons. The number of piperidine rings is 1. The Morgan fingerprint density at radius 1 is 1.14 bits per heavy atom. The monoisotopic (exact) mass is 631 g/mol. The zero-order valence-corrected chi connectivity index (χ0v) is 25.4. The van der Waals surface area contributed by atoms with Crippen LogP contribution in [0.25, 0.3) is 16.8 Å². The molecule has 2 aromatic carbocycles. The maximum Gasteiger partial charge on any atom is 0.255 e. The number of anilines is 2. The van der Waals surface area contributed by atoms with E-state index in [0.29, 0.717) is 43.2 Å². The molecule has 1 aliphatic heterocycles. The fourth-order valence-corrected chi connectivity index (χ4v) is 6.12. The van der Waals surface area contributed by atoms with Gasteiger partial charge in [0, 0.05) is 67.2 Å². The summed E-state index contributed by atoms with van der Waals surface area (Å²) in [5.41, 5.74) is 3.54. The largest absolute Gasteiger partial charge is 0.322 e. The predicted molar refractivity (Wildman–Crippen MR) is 170 cm³/mol. The Labute approximate surface area is 260 Å². The van der Waals surface area contributed by atoms with E-state index in [2.05, 4.69) is 20.9 Å². The van der Waals surface area contributed by atoms with Gasteiger partial charge in [-0.15, -0.1) is 0 Å². The quantitative estimate of drug-likeness (QED) is 0.233. The molecule has 44 heavy (non-hydrogen) atoms. The van der Waals surface area contributed by atoms with Crippen LogP contribution in [-0.2, 0) is 14.8 Å². The molecule has 2 amide bonds. The van der Waals surface area contributed by atoms with Gasteiger partial charge < -0.3 is 20.4 Å². The first-order valence-electron chi connectivity index (χ1n) is 13.8. The minimum absolute atomic E-state index is 0.142. The van der Waals surface area contributed by atoms with E-state index in [1.807, 2.05) is 22.6 Å². The molecule has 1 fully saturated rings. The lowest BCUT2D eigenvalue weighted by molar-refractivity contribution is -0.111. The third-order valence-electron chi connectivity index (χ3n) is 7.29. The van der Waals surface area contributed by atoms with Crippen LogP contribution in [0.2, 0.25) is 5.02 Å². The third kappa shape index (κ3) is 7.50. The zero-order chi connectivity index (χ0) is 31.3. The second-order valence-corrected chi connectivity index (χ2v) is 12.8. The summed E-state index contributed by atoms with van der Waals surface area (Å²) in [5.74, 6) is -0.837. The molecule has 4 aromatic rings. The van der Waals surface area contributed by atoms with Crippen molar-refractivity contribution in [1.82, 2.24) is 19.0 Å². The first-order chi connectivity index (χ1) is 21.1. The number of halogens is 1. The molecule has 11 nitrogen and oxygen atoms in total. The highest BCUT2D eigenvalue weighted by atomic mass is 35.5.